The van der Waals surface area contributed by atoms with Gasteiger partial charge in [-0.15, -0.1) is 0 Å². The molecule has 24 heavy (non-hydrogen) atoms. The fourth-order valence-corrected chi connectivity index (χ4v) is 2.94. The van der Waals surface area contributed by atoms with E-state index in [0.717, 1.165) is 19.3 Å². The zero-order valence-corrected chi connectivity index (χ0v) is 14.3. The summed E-state index contributed by atoms with van der Waals surface area (Å²) in [5, 5.41) is 12.3. The third-order valence-electron chi connectivity index (χ3n) is 4.46. The minimum atomic E-state index is -0.760. The Morgan fingerprint density at radius 2 is 1.88 bits per heavy atom. The van der Waals surface area contributed by atoms with E-state index in [4.69, 9.17) is 4.74 Å². The fourth-order valence-electron chi connectivity index (χ4n) is 2.94. The van der Waals surface area contributed by atoms with Crippen molar-refractivity contribution >= 4 is 11.7 Å². The van der Waals surface area contributed by atoms with Crippen LogP contribution in [0.1, 0.15) is 62.7 Å². The summed E-state index contributed by atoms with van der Waals surface area (Å²) in [5.41, 5.74) is -0.128. The van der Waals surface area contributed by atoms with Crippen molar-refractivity contribution in [3.63, 3.8) is 0 Å². The van der Waals surface area contributed by atoms with Gasteiger partial charge in [0, 0.05) is 12.0 Å². The Morgan fingerprint density at radius 3 is 2.42 bits per heavy atom. The summed E-state index contributed by atoms with van der Waals surface area (Å²) < 4.78 is 5.64. The van der Waals surface area contributed by atoms with E-state index in [9.17, 15) is 14.9 Å². The van der Waals surface area contributed by atoms with Crippen molar-refractivity contribution < 1.29 is 14.3 Å². The minimum absolute atomic E-state index is 0.0700. The maximum Gasteiger partial charge on any atom is 0.262 e. The number of carbonyl (C=O) groups excluding carboxylic acids is 2. The molecule has 0 aliphatic heterocycles. The molecule has 1 amide bonds. The van der Waals surface area contributed by atoms with E-state index in [1.807, 2.05) is 6.92 Å². The number of hydrogen-bond donors (Lipinski definition) is 1. The van der Waals surface area contributed by atoms with Crippen LogP contribution in [0.5, 0.6) is 5.75 Å². The molecule has 1 fully saturated rings. The Hall–Kier alpha value is -2.35. The molecule has 1 unspecified atom stereocenters. The standard InChI is InChI=1S/C19H24N2O3/c1-3-17(22)15-7-9-16(10-8-15)24-14(2)18(23)21-19(13-20)11-5-4-6-12-19/h7-10,14H,3-6,11-12H2,1-2H3,(H,21,23). The summed E-state index contributed by atoms with van der Waals surface area (Å²) in [6.07, 6.45) is 4.14. The average Bonchev–Trinajstić information content (AvgIpc) is 2.62. The number of hydrogen-bond acceptors (Lipinski definition) is 4. The number of rotatable bonds is 6. The van der Waals surface area contributed by atoms with Crippen LogP contribution in [-0.2, 0) is 4.79 Å². The van der Waals surface area contributed by atoms with Gasteiger partial charge in [-0.3, -0.25) is 9.59 Å². The van der Waals surface area contributed by atoms with Crippen LogP contribution in [0.25, 0.3) is 0 Å². The molecule has 1 aromatic carbocycles. The molecule has 0 aromatic heterocycles. The van der Waals surface area contributed by atoms with Crippen LogP contribution in [-0.4, -0.2) is 23.3 Å². The normalized spacial score (nSPS) is 17.4. The second-order valence-corrected chi connectivity index (χ2v) is 6.31. The van der Waals surface area contributed by atoms with Crippen molar-refractivity contribution in [3.8, 4) is 11.8 Å². The third kappa shape index (κ3) is 4.35. The number of Topliss-reactive ketones (excluding diaryl/α,β-unsaturated/α-hetero) is 1. The molecule has 0 radical (unpaired) electrons. The highest BCUT2D eigenvalue weighted by atomic mass is 16.5. The van der Waals surface area contributed by atoms with Gasteiger partial charge in [0.25, 0.3) is 5.91 Å². The zero-order chi connectivity index (χ0) is 17.6. The van der Waals surface area contributed by atoms with E-state index in [1.165, 1.54) is 0 Å². The first kappa shape index (κ1) is 18.0. The highest BCUT2D eigenvalue weighted by Gasteiger charge is 2.35. The maximum atomic E-state index is 12.4. The van der Waals surface area contributed by atoms with Crippen LogP contribution in [0.2, 0.25) is 0 Å². The Bertz CT molecular complexity index is 625. The van der Waals surface area contributed by atoms with Gasteiger partial charge in [-0.2, -0.15) is 5.26 Å². The van der Waals surface area contributed by atoms with Crippen LogP contribution >= 0.6 is 0 Å². The molecular formula is C19H24N2O3. The first-order valence-electron chi connectivity index (χ1n) is 8.53. The number of nitrogens with zero attached hydrogens (tertiary/aromatic N) is 1. The molecule has 5 heteroatoms. The van der Waals surface area contributed by atoms with Gasteiger partial charge in [-0.25, -0.2) is 0 Å². The summed E-state index contributed by atoms with van der Waals surface area (Å²) in [6.45, 7) is 3.48. The van der Waals surface area contributed by atoms with Crippen molar-refractivity contribution in [1.29, 1.82) is 5.26 Å². The molecule has 0 heterocycles. The molecule has 1 aliphatic carbocycles. The van der Waals surface area contributed by atoms with Gasteiger partial charge in [-0.1, -0.05) is 26.2 Å². The largest absolute Gasteiger partial charge is 0.481 e. The first-order chi connectivity index (χ1) is 11.5. The number of benzene rings is 1. The topological polar surface area (TPSA) is 79.2 Å². The highest BCUT2D eigenvalue weighted by molar-refractivity contribution is 5.95. The van der Waals surface area contributed by atoms with E-state index in [1.54, 1.807) is 31.2 Å². The average molecular weight is 328 g/mol. The number of ether oxygens (including phenoxy) is 1. The molecule has 0 bridgehead atoms. The molecule has 128 valence electrons. The predicted octanol–water partition coefficient (Wildman–Crippen LogP) is 3.39. The number of nitrogens with one attached hydrogen (secondary N) is 1. The fraction of sp³-hybridized carbons (Fsp3) is 0.526. The van der Waals surface area contributed by atoms with Crippen LogP contribution in [0, 0.1) is 11.3 Å². The lowest BCUT2D eigenvalue weighted by molar-refractivity contribution is -0.129. The van der Waals surface area contributed by atoms with Gasteiger partial charge in [0.05, 0.1) is 6.07 Å². The first-order valence-corrected chi connectivity index (χ1v) is 8.53. The lowest BCUT2D eigenvalue weighted by Crippen LogP contribution is -2.52. The van der Waals surface area contributed by atoms with Crippen LogP contribution in [0.15, 0.2) is 24.3 Å². The van der Waals surface area contributed by atoms with Gasteiger partial charge >= 0.3 is 0 Å². The van der Waals surface area contributed by atoms with Crippen molar-refractivity contribution in [2.24, 2.45) is 0 Å². The van der Waals surface area contributed by atoms with E-state index in [2.05, 4.69) is 11.4 Å². The quantitative estimate of drug-likeness (QED) is 0.812. The second kappa shape index (κ2) is 7.96. The third-order valence-corrected chi connectivity index (χ3v) is 4.46. The summed E-state index contributed by atoms with van der Waals surface area (Å²) >= 11 is 0. The van der Waals surface area contributed by atoms with Gasteiger partial charge in [0.15, 0.2) is 11.9 Å². The summed E-state index contributed by atoms with van der Waals surface area (Å²) in [4.78, 5) is 24.0. The van der Waals surface area contributed by atoms with Gasteiger partial charge in [-0.05, 0) is 44.0 Å². The minimum Gasteiger partial charge on any atom is -0.481 e. The monoisotopic (exact) mass is 328 g/mol. The van der Waals surface area contributed by atoms with Crippen molar-refractivity contribution in [1.82, 2.24) is 5.32 Å². The van der Waals surface area contributed by atoms with Crippen LogP contribution < -0.4 is 10.1 Å². The van der Waals surface area contributed by atoms with E-state index >= 15 is 0 Å². The predicted molar refractivity (Wildman–Crippen MR) is 90.7 cm³/mol. The maximum absolute atomic E-state index is 12.4. The Labute approximate surface area is 143 Å². The van der Waals surface area contributed by atoms with E-state index in [0.29, 0.717) is 30.6 Å². The molecular weight excluding hydrogens is 304 g/mol. The van der Waals surface area contributed by atoms with Gasteiger partial charge in [0.2, 0.25) is 0 Å². The highest BCUT2D eigenvalue weighted by Crippen LogP contribution is 2.27. The molecule has 1 aromatic rings. The number of nitriles is 1. The van der Waals surface area contributed by atoms with Crippen molar-refractivity contribution in [2.75, 3.05) is 0 Å². The van der Waals surface area contributed by atoms with Crippen molar-refractivity contribution in [3.05, 3.63) is 29.8 Å². The van der Waals surface area contributed by atoms with Gasteiger partial charge < -0.3 is 10.1 Å². The van der Waals surface area contributed by atoms with E-state index < -0.39 is 11.6 Å². The van der Waals surface area contributed by atoms with Crippen LogP contribution in [0.3, 0.4) is 0 Å². The Morgan fingerprint density at radius 1 is 1.25 bits per heavy atom. The zero-order valence-electron chi connectivity index (χ0n) is 14.3. The Balaban J connectivity index is 1.96. The summed E-state index contributed by atoms with van der Waals surface area (Å²) in [5.74, 6) is 0.313. The Kier molecular flexibility index (Phi) is 5.97. The molecule has 1 N–H and O–H groups in total. The smallest absolute Gasteiger partial charge is 0.262 e. The molecule has 1 aliphatic rings. The number of amides is 1. The molecule has 0 saturated heterocycles. The summed E-state index contributed by atoms with van der Waals surface area (Å²) in [6, 6.07) is 9.04. The van der Waals surface area contributed by atoms with E-state index in [-0.39, 0.29) is 11.7 Å². The second-order valence-electron chi connectivity index (χ2n) is 6.31. The lowest BCUT2D eigenvalue weighted by Gasteiger charge is -2.32. The van der Waals surface area contributed by atoms with Crippen molar-refractivity contribution in [2.45, 2.75) is 64.0 Å². The SMILES string of the molecule is CCC(=O)c1ccc(OC(C)C(=O)NC2(C#N)CCCCC2)cc1. The molecule has 2 rings (SSSR count). The van der Waals surface area contributed by atoms with Crippen LogP contribution in [0.4, 0.5) is 0 Å². The molecule has 1 saturated carbocycles. The number of carbonyl (C=O) groups is 2. The molecule has 0 spiro atoms. The summed E-state index contributed by atoms with van der Waals surface area (Å²) in [7, 11) is 0. The molecule has 1 atom stereocenters. The van der Waals surface area contributed by atoms with Gasteiger partial charge in [0.1, 0.15) is 11.3 Å². The molecule has 5 nitrogen and oxygen atoms in total. The number of ketones is 1. The lowest BCUT2D eigenvalue weighted by atomic mass is 9.83.